The van der Waals surface area contributed by atoms with Crippen molar-refractivity contribution in [2.24, 2.45) is 0 Å². The minimum Gasteiger partial charge on any atom is -0.313 e. The molecule has 16 heavy (non-hydrogen) atoms. The van der Waals surface area contributed by atoms with E-state index in [1.54, 1.807) is 0 Å². The third kappa shape index (κ3) is 3.64. The lowest BCUT2D eigenvalue weighted by Crippen LogP contribution is -2.39. The van der Waals surface area contributed by atoms with E-state index in [2.05, 4.69) is 35.9 Å². The lowest BCUT2D eigenvalue weighted by molar-refractivity contribution is 0.342. The van der Waals surface area contributed by atoms with Crippen LogP contribution in [0.2, 0.25) is 0 Å². The van der Waals surface area contributed by atoms with Crippen LogP contribution < -0.4 is 5.32 Å². The van der Waals surface area contributed by atoms with E-state index in [1.807, 2.05) is 0 Å². The van der Waals surface area contributed by atoms with E-state index in [0.717, 1.165) is 6.04 Å². The van der Waals surface area contributed by atoms with Gasteiger partial charge in [-0.25, -0.2) is 0 Å². The van der Waals surface area contributed by atoms with E-state index in [1.165, 1.54) is 57.5 Å². The molecule has 2 aliphatic heterocycles. The molecule has 0 saturated carbocycles. The molecular weight excluding hydrogens is 216 g/mol. The predicted molar refractivity (Wildman–Crippen MR) is 73.2 cm³/mol. The number of thioether (sulfide) groups is 1. The summed E-state index contributed by atoms with van der Waals surface area (Å²) >= 11 is 2.17. The van der Waals surface area contributed by atoms with Gasteiger partial charge in [-0.15, -0.1) is 0 Å². The molecule has 0 bridgehead atoms. The zero-order chi connectivity index (χ0) is 11.4. The monoisotopic (exact) mass is 242 g/mol. The summed E-state index contributed by atoms with van der Waals surface area (Å²) in [5.41, 5.74) is 0. The van der Waals surface area contributed by atoms with Gasteiger partial charge in [0.2, 0.25) is 0 Å². The van der Waals surface area contributed by atoms with Crippen LogP contribution in [0.25, 0.3) is 0 Å². The van der Waals surface area contributed by atoms with Crippen molar-refractivity contribution in [1.82, 2.24) is 10.2 Å². The second-order valence-electron chi connectivity index (χ2n) is 5.71. The normalized spacial score (nSPS) is 37.5. The van der Waals surface area contributed by atoms with Crippen molar-refractivity contribution >= 4 is 11.8 Å². The molecule has 2 rings (SSSR count). The van der Waals surface area contributed by atoms with Gasteiger partial charge in [-0.2, -0.15) is 11.8 Å². The molecule has 1 N–H and O–H groups in total. The number of nitrogens with one attached hydrogen (secondary N) is 1. The quantitative estimate of drug-likeness (QED) is 0.818. The fraction of sp³-hybridized carbons (Fsp3) is 1.00. The highest BCUT2D eigenvalue weighted by Crippen LogP contribution is 2.37. The minimum absolute atomic E-state index is 0.526. The summed E-state index contributed by atoms with van der Waals surface area (Å²) in [5.74, 6) is 1.37. The molecule has 0 spiro atoms. The first-order valence-corrected chi connectivity index (χ1v) is 7.72. The second kappa shape index (κ2) is 5.74. The van der Waals surface area contributed by atoms with Gasteiger partial charge in [0, 0.05) is 17.3 Å². The number of hydrogen-bond donors (Lipinski definition) is 1. The Morgan fingerprint density at radius 3 is 2.94 bits per heavy atom. The average Bonchev–Trinajstić information content (AvgIpc) is 2.58. The summed E-state index contributed by atoms with van der Waals surface area (Å²) in [6.45, 7) is 6.19. The van der Waals surface area contributed by atoms with Gasteiger partial charge in [0.1, 0.15) is 0 Å². The first-order valence-electron chi connectivity index (χ1n) is 6.74. The molecule has 2 aliphatic rings. The van der Waals surface area contributed by atoms with Crippen LogP contribution in [0.3, 0.4) is 0 Å². The van der Waals surface area contributed by atoms with Crippen molar-refractivity contribution in [2.75, 3.05) is 32.4 Å². The molecule has 2 fully saturated rings. The van der Waals surface area contributed by atoms with E-state index < -0.39 is 0 Å². The Bertz CT molecular complexity index is 214. The molecule has 2 atom stereocenters. The zero-order valence-electron chi connectivity index (χ0n) is 10.8. The SMILES string of the molecule is CN1CCCC(NCC2(C)CCCS2)CC1. The Kier molecular flexibility index (Phi) is 4.57. The molecule has 0 aromatic rings. The summed E-state index contributed by atoms with van der Waals surface area (Å²) in [4.78, 5) is 2.47. The Labute approximate surface area is 105 Å². The standard InChI is InChI=1S/C13H26N2S/c1-13(7-4-10-16-13)11-14-12-5-3-8-15(2)9-6-12/h12,14H,3-11H2,1-2H3. The van der Waals surface area contributed by atoms with Gasteiger partial charge in [-0.05, 0) is 64.9 Å². The molecule has 3 heteroatoms. The van der Waals surface area contributed by atoms with E-state index in [4.69, 9.17) is 0 Å². The van der Waals surface area contributed by atoms with Gasteiger partial charge < -0.3 is 10.2 Å². The Hall–Kier alpha value is 0.270. The third-order valence-corrected chi connectivity index (χ3v) is 5.56. The van der Waals surface area contributed by atoms with Gasteiger partial charge in [0.15, 0.2) is 0 Å². The summed E-state index contributed by atoms with van der Waals surface area (Å²) in [7, 11) is 2.25. The van der Waals surface area contributed by atoms with Crippen molar-refractivity contribution < 1.29 is 0 Å². The van der Waals surface area contributed by atoms with Gasteiger partial charge in [0.25, 0.3) is 0 Å². The van der Waals surface area contributed by atoms with E-state index in [9.17, 15) is 0 Å². The minimum atomic E-state index is 0.526. The molecule has 0 amide bonds. The highest BCUT2D eigenvalue weighted by atomic mass is 32.2. The predicted octanol–water partition coefficient (Wildman–Crippen LogP) is 2.35. The van der Waals surface area contributed by atoms with Crippen molar-refractivity contribution in [2.45, 2.75) is 49.8 Å². The van der Waals surface area contributed by atoms with Gasteiger partial charge in [-0.1, -0.05) is 0 Å². The van der Waals surface area contributed by atoms with E-state index in [-0.39, 0.29) is 0 Å². The molecule has 0 radical (unpaired) electrons. The largest absolute Gasteiger partial charge is 0.313 e. The topological polar surface area (TPSA) is 15.3 Å². The lowest BCUT2D eigenvalue weighted by atomic mass is 10.0. The Balaban J connectivity index is 1.72. The molecule has 2 unspecified atom stereocenters. The van der Waals surface area contributed by atoms with Crippen LogP contribution in [0.1, 0.15) is 39.0 Å². The first-order chi connectivity index (χ1) is 7.68. The smallest absolute Gasteiger partial charge is 0.0256 e. The van der Waals surface area contributed by atoms with Gasteiger partial charge >= 0.3 is 0 Å². The number of likely N-dealkylation sites (tertiary alicyclic amines) is 1. The van der Waals surface area contributed by atoms with Crippen molar-refractivity contribution in [3.8, 4) is 0 Å². The van der Waals surface area contributed by atoms with E-state index >= 15 is 0 Å². The lowest BCUT2D eigenvalue weighted by Gasteiger charge is -2.26. The molecule has 2 heterocycles. The van der Waals surface area contributed by atoms with Crippen LogP contribution in [0.5, 0.6) is 0 Å². The van der Waals surface area contributed by atoms with Crippen LogP contribution in [-0.4, -0.2) is 48.1 Å². The molecular formula is C13H26N2S. The second-order valence-corrected chi connectivity index (χ2v) is 7.40. The highest BCUT2D eigenvalue weighted by Gasteiger charge is 2.29. The maximum atomic E-state index is 3.82. The fourth-order valence-corrected chi connectivity index (χ4v) is 4.04. The zero-order valence-corrected chi connectivity index (χ0v) is 11.6. The Morgan fingerprint density at radius 2 is 2.19 bits per heavy atom. The highest BCUT2D eigenvalue weighted by molar-refractivity contribution is 8.00. The molecule has 2 nitrogen and oxygen atoms in total. The molecule has 0 aromatic heterocycles. The molecule has 0 aliphatic carbocycles. The van der Waals surface area contributed by atoms with Crippen LogP contribution in [0.4, 0.5) is 0 Å². The summed E-state index contributed by atoms with van der Waals surface area (Å²) < 4.78 is 0.526. The van der Waals surface area contributed by atoms with Crippen LogP contribution in [0, 0.1) is 0 Å². The van der Waals surface area contributed by atoms with Crippen LogP contribution in [-0.2, 0) is 0 Å². The first kappa shape index (κ1) is 12.7. The number of hydrogen-bond acceptors (Lipinski definition) is 3. The number of nitrogens with zero attached hydrogens (tertiary/aromatic N) is 1. The maximum absolute atomic E-state index is 3.82. The molecule has 0 aromatic carbocycles. The van der Waals surface area contributed by atoms with Crippen LogP contribution in [0.15, 0.2) is 0 Å². The summed E-state index contributed by atoms with van der Waals surface area (Å²) in [6, 6.07) is 0.767. The van der Waals surface area contributed by atoms with Gasteiger partial charge in [-0.3, -0.25) is 0 Å². The third-order valence-electron chi connectivity index (χ3n) is 4.02. The van der Waals surface area contributed by atoms with Gasteiger partial charge in [0.05, 0.1) is 0 Å². The van der Waals surface area contributed by atoms with Crippen molar-refractivity contribution in [1.29, 1.82) is 0 Å². The average molecular weight is 242 g/mol. The maximum Gasteiger partial charge on any atom is 0.0256 e. The van der Waals surface area contributed by atoms with E-state index in [0.29, 0.717) is 4.75 Å². The summed E-state index contributed by atoms with van der Waals surface area (Å²) in [5, 5.41) is 3.82. The summed E-state index contributed by atoms with van der Waals surface area (Å²) in [6.07, 6.45) is 6.87. The Morgan fingerprint density at radius 1 is 1.31 bits per heavy atom. The molecule has 2 saturated heterocycles. The molecule has 94 valence electrons. The van der Waals surface area contributed by atoms with Crippen molar-refractivity contribution in [3.05, 3.63) is 0 Å². The number of rotatable bonds is 3. The van der Waals surface area contributed by atoms with Crippen molar-refractivity contribution in [3.63, 3.8) is 0 Å². The van der Waals surface area contributed by atoms with Crippen LogP contribution >= 0.6 is 11.8 Å². The fourth-order valence-electron chi connectivity index (χ4n) is 2.78.